The molecule has 0 aliphatic carbocycles. The minimum absolute atomic E-state index is 0.0585. The molecule has 1 N–H and O–H groups in total. The molecule has 9 heteroatoms. The van der Waals surface area contributed by atoms with Crippen LogP contribution in [0.2, 0.25) is 0 Å². The second kappa shape index (κ2) is 8.36. The van der Waals surface area contributed by atoms with Gasteiger partial charge < -0.3 is 10.1 Å². The van der Waals surface area contributed by atoms with E-state index in [0.29, 0.717) is 6.54 Å². The molecule has 0 unspecified atom stereocenters. The van der Waals surface area contributed by atoms with Gasteiger partial charge in [-0.3, -0.25) is 4.79 Å². The summed E-state index contributed by atoms with van der Waals surface area (Å²) in [6.07, 6.45) is 0.767. The van der Waals surface area contributed by atoms with Crippen molar-refractivity contribution in [1.82, 2.24) is 25.1 Å². The summed E-state index contributed by atoms with van der Waals surface area (Å²) in [4.78, 5) is 12.7. The van der Waals surface area contributed by atoms with E-state index in [1.54, 1.807) is 16.6 Å². The maximum Gasteiger partial charge on any atom is 0.258 e. The highest BCUT2D eigenvalue weighted by Gasteiger charge is 2.12. The molecule has 2 aromatic carbocycles. The molecule has 0 aliphatic rings. The molecular weight excluding hydrogens is 393 g/mol. The second-order valence-corrected chi connectivity index (χ2v) is 7.22. The summed E-state index contributed by atoms with van der Waals surface area (Å²) in [6, 6.07) is 13.7. The SMILES string of the molecule is CCc1nnc2sc(-c3ccc(CNC(=O)COc4ccccc4F)cc3)nn12. The molecule has 4 aromatic rings. The number of rotatable bonds is 7. The number of carbonyl (C=O) groups excluding carboxylic acids is 1. The molecule has 4 rings (SSSR count). The average molecular weight is 411 g/mol. The summed E-state index contributed by atoms with van der Waals surface area (Å²) >= 11 is 1.48. The van der Waals surface area contributed by atoms with Gasteiger partial charge in [-0.25, -0.2) is 4.39 Å². The maximum absolute atomic E-state index is 13.5. The van der Waals surface area contributed by atoms with Gasteiger partial charge in [0, 0.05) is 18.5 Å². The van der Waals surface area contributed by atoms with Crippen LogP contribution in [0.3, 0.4) is 0 Å². The number of aromatic nitrogens is 4. The zero-order chi connectivity index (χ0) is 20.2. The van der Waals surface area contributed by atoms with Gasteiger partial charge in [-0.05, 0) is 17.7 Å². The van der Waals surface area contributed by atoms with Gasteiger partial charge in [0.25, 0.3) is 5.91 Å². The van der Waals surface area contributed by atoms with E-state index >= 15 is 0 Å². The second-order valence-electron chi connectivity index (χ2n) is 6.26. The lowest BCUT2D eigenvalue weighted by Crippen LogP contribution is -2.28. The molecule has 148 valence electrons. The Balaban J connectivity index is 1.33. The Morgan fingerprint density at radius 3 is 2.72 bits per heavy atom. The molecule has 29 heavy (non-hydrogen) atoms. The number of para-hydroxylation sites is 1. The van der Waals surface area contributed by atoms with E-state index in [1.165, 1.54) is 23.5 Å². The number of ether oxygens (including phenoxy) is 1. The van der Waals surface area contributed by atoms with E-state index in [9.17, 15) is 9.18 Å². The van der Waals surface area contributed by atoms with Crippen LogP contribution < -0.4 is 10.1 Å². The number of amides is 1. The molecular formula is C20H18FN5O2S. The highest BCUT2D eigenvalue weighted by Crippen LogP contribution is 2.25. The molecule has 0 fully saturated rings. The zero-order valence-electron chi connectivity index (χ0n) is 15.6. The Bertz CT molecular complexity index is 1140. The molecule has 0 radical (unpaired) electrons. The monoisotopic (exact) mass is 411 g/mol. The largest absolute Gasteiger partial charge is 0.481 e. The van der Waals surface area contributed by atoms with Crippen LogP contribution in [0.5, 0.6) is 5.75 Å². The summed E-state index contributed by atoms with van der Waals surface area (Å²) in [5.41, 5.74) is 1.91. The summed E-state index contributed by atoms with van der Waals surface area (Å²) in [5, 5.41) is 16.4. The van der Waals surface area contributed by atoms with Gasteiger partial charge in [-0.15, -0.1) is 10.2 Å². The van der Waals surface area contributed by atoms with Crippen molar-refractivity contribution < 1.29 is 13.9 Å². The first-order chi connectivity index (χ1) is 14.1. The summed E-state index contributed by atoms with van der Waals surface area (Å²) in [5.74, 6) is 0.0769. The first-order valence-electron chi connectivity index (χ1n) is 9.08. The van der Waals surface area contributed by atoms with Gasteiger partial charge >= 0.3 is 0 Å². The van der Waals surface area contributed by atoms with E-state index in [-0.39, 0.29) is 18.3 Å². The summed E-state index contributed by atoms with van der Waals surface area (Å²) < 4.78 is 20.5. The predicted octanol–water partition coefficient (Wildman–Crippen LogP) is 3.25. The fourth-order valence-corrected chi connectivity index (χ4v) is 3.58. The van der Waals surface area contributed by atoms with Crippen molar-refractivity contribution in [3.05, 3.63) is 65.7 Å². The Labute approximate surface area is 170 Å². The standard InChI is InChI=1S/C20H18FN5O2S/c1-2-17-23-24-20-26(17)25-19(29-20)14-9-7-13(8-10-14)11-22-18(27)12-28-16-6-4-3-5-15(16)21/h3-10H,2,11-12H2,1H3,(H,22,27). The van der Waals surface area contributed by atoms with Crippen LogP contribution in [-0.4, -0.2) is 32.3 Å². The molecule has 2 heterocycles. The van der Waals surface area contributed by atoms with Crippen molar-refractivity contribution in [3.63, 3.8) is 0 Å². The van der Waals surface area contributed by atoms with Gasteiger partial charge in [0.05, 0.1) is 0 Å². The fourth-order valence-electron chi connectivity index (χ4n) is 2.72. The van der Waals surface area contributed by atoms with Crippen molar-refractivity contribution >= 4 is 22.2 Å². The lowest BCUT2D eigenvalue weighted by molar-refractivity contribution is -0.123. The van der Waals surface area contributed by atoms with Crippen molar-refractivity contribution in [2.75, 3.05) is 6.61 Å². The van der Waals surface area contributed by atoms with Gasteiger partial charge in [0.15, 0.2) is 24.0 Å². The topological polar surface area (TPSA) is 81.4 Å². The van der Waals surface area contributed by atoms with E-state index in [0.717, 1.165) is 33.3 Å². The molecule has 0 bridgehead atoms. The van der Waals surface area contributed by atoms with E-state index < -0.39 is 5.82 Å². The third-order valence-corrected chi connectivity index (χ3v) is 5.21. The molecule has 2 aromatic heterocycles. The van der Waals surface area contributed by atoms with Crippen LogP contribution in [0.25, 0.3) is 15.5 Å². The quantitative estimate of drug-likeness (QED) is 0.505. The Morgan fingerprint density at radius 2 is 1.97 bits per heavy atom. The Hall–Kier alpha value is -3.33. The lowest BCUT2D eigenvalue weighted by Gasteiger charge is -2.08. The molecule has 0 saturated heterocycles. The molecule has 0 atom stereocenters. The number of hydrogen-bond acceptors (Lipinski definition) is 6. The molecule has 7 nitrogen and oxygen atoms in total. The van der Waals surface area contributed by atoms with Crippen molar-refractivity contribution in [2.45, 2.75) is 19.9 Å². The van der Waals surface area contributed by atoms with Crippen LogP contribution in [0, 0.1) is 5.82 Å². The van der Waals surface area contributed by atoms with Crippen LogP contribution in [0.15, 0.2) is 48.5 Å². The molecule has 0 saturated carbocycles. The first-order valence-corrected chi connectivity index (χ1v) is 9.90. The van der Waals surface area contributed by atoms with Gasteiger partial charge in [-0.1, -0.05) is 54.7 Å². The number of benzene rings is 2. The predicted molar refractivity (Wildman–Crippen MR) is 107 cm³/mol. The number of nitrogens with zero attached hydrogens (tertiary/aromatic N) is 4. The van der Waals surface area contributed by atoms with Crippen LogP contribution >= 0.6 is 11.3 Å². The zero-order valence-corrected chi connectivity index (χ0v) is 16.4. The third kappa shape index (κ3) is 4.24. The van der Waals surface area contributed by atoms with Crippen molar-refractivity contribution in [1.29, 1.82) is 0 Å². The Morgan fingerprint density at radius 1 is 1.17 bits per heavy atom. The van der Waals surface area contributed by atoms with Gasteiger partial charge in [0.1, 0.15) is 5.01 Å². The number of nitrogens with one attached hydrogen (secondary N) is 1. The van der Waals surface area contributed by atoms with Gasteiger partial charge in [0.2, 0.25) is 4.96 Å². The third-order valence-electron chi connectivity index (χ3n) is 4.26. The number of halogens is 1. The number of hydrogen-bond donors (Lipinski definition) is 1. The number of fused-ring (bicyclic) bond motifs is 1. The normalized spacial score (nSPS) is 11.0. The van der Waals surface area contributed by atoms with E-state index in [1.807, 2.05) is 31.2 Å². The van der Waals surface area contributed by atoms with Crippen LogP contribution in [-0.2, 0) is 17.8 Å². The highest BCUT2D eigenvalue weighted by atomic mass is 32.1. The number of aryl methyl sites for hydroxylation is 1. The Kier molecular flexibility index (Phi) is 5.48. The minimum atomic E-state index is -0.493. The smallest absolute Gasteiger partial charge is 0.258 e. The van der Waals surface area contributed by atoms with E-state index in [4.69, 9.17) is 4.74 Å². The van der Waals surface area contributed by atoms with Crippen molar-refractivity contribution in [2.24, 2.45) is 0 Å². The summed E-state index contributed by atoms with van der Waals surface area (Å²) in [7, 11) is 0. The number of carbonyl (C=O) groups is 1. The maximum atomic E-state index is 13.5. The van der Waals surface area contributed by atoms with Crippen molar-refractivity contribution in [3.8, 4) is 16.3 Å². The molecule has 1 amide bonds. The fraction of sp³-hybridized carbons (Fsp3) is 0.200. The van der Waals surface area contributed by atoms with Gasteiger partial charge in [-0.2, -0.15) is 9.61 Å². The first kappa shape index (κ1) is 19.0. The minimum Gasteiger partial charge on any atom is -0.481 e. The van der Waals surface area contributed by atoms with Crippen LogP contribution in [0.1, 0.15) is 18.3 Å². The lowest BCUT2D eigenvalue weighted by atomic mass is 10.1. The molecule has 0 aliphatic heterocycles. The average Bonchev–Trinajstić information content (AvgIpc) is 3.33. The van der Waals surface area contributed by atoms with E-state index in [2.05, 4.69) is 20.6 Å². The van der Waals surface area contributed by atoms with Crippen LogP contribution in [0.4, 0.5) is 4.39 Å². The molecule has 0 spiro atoms. The summed E-state index contributed by atoms with van der Waals surface area (Å²) in [6.45, 7) is 2.12. The highest BCUT2D eigenvalue weighted by molar-refractivity contribution is 7.19.